The minimum absolute atomic E-state index is 0.0854. The maximum Gasteiger partial charge on any atom is 0.416 e. The highest BCUT2D eigenvalue weighted by molar-refractivity contribution is 7.89. The van der Waals surface area contributed by atoms with Crippen molar-refractivity contribution in [3.05, 3.63) is 23.8 Å². The first-order chi connectivity index (χ1) is 16.0. The Balaban J connectivity index is 1.68. The zero-order chi connectivity index (χ0) is 24.7. The zero-order valence-electron chi connectivity index (χ0n) is 18.5. The number of nitrogens with zero attached hydrogens (tertiary/aromatic N) is 5. The lowest BCUT2D eigenvalue weighted by Gasteiger charge is -2.39. The van der Waals surface area contributed by atoms with Crippen molar-refractivity contribution in [2.45, 2.75) is 24.8 Å². The van der Waals surface area contributed by atoms with Crippen LogP contribution in [0, 0.1) is 0 Å². The van der Waals surface area contributed by atoms with Gasteiger partial charge in [0.2, 0.25) is 16.0 Å². The van der Waals surface area contributed by atoms with E-state index in [1.54, 1.807) is 21.6 Å². The van der Waals surface area contributed by atoms with E-state index in [-0.39, 0.29) is 31.2 Å². The van der Waals surface area contributed by atoms with Crippen molar-refractivity contribution in [2.24, 2.45) is 5.14 Å². The summed E-state index contributed by atoms with van der Waals surface area (Å²) in [5.41, 5.74) is -0.744. The highest BCUT2D eigenvalue weighted by atomic mass is 32.2. The Labute approximate surface area is 194 Å². The zero-order valence-corrected chi connectivity index (χ0v) is 19.3. The molecule has 0 saturated carbocycles. The second-order valence-corrected chi connectivity index (χ2v) is 10.1. The third-order valence-electron chi connectivity index (χ3n) is 5.91. The van der Waals surface area contributed by atoms with Crippen molar-refractivity contribution < 1.29 is 31.1 Å². The summed E-state index contributed by atoms with van der Waals surface area (Å²) < 4.78 is 68.3. The van der Waals surface area contributed by atoms with Crippen LogP contribution in [0.25, 0.3) is 10.9 Å². The third-order valence-corrected chi connectivity index (χ3v) is 7.14. The summed E-state index contributed by atoms with van der Waals surface area (Å²) in [6, 6.07) is 3.21. The van der Waals surface area contributed by atoms with Crippen molar-refractivity contribution in [3.63, 3.8) is 0 Å². The molecular weight excluding hydrogens is 477 g/mol. The molecule has 0 unspecified atom stereocenters. The maximum atomic E-state index is 13.3. The van der Waals surface area contributed by atoms with E-state index in [2.05, 4.69) is 9.97 Å². The summed E-state index contributed by atoms with van der Waals surface area (Å²) in [4.78, 5) is 26.1. The molecule has 0 bridgehead atoms. The molecule has 1 aromatic carbocycles. The summed E-state index contributed by atoms with van der Waals surface area (Å²) in [6.07, 6.45) is -4.37. The normalized spacial score (nSPS) is 18.1. The number of ether oxygens (including phenoxy) is 1. The first-order valence-corrected chi connectivity index (χ1v) is 12.4. The molecule has 2 N–H and O–H groups in total. The highest BCUT2D eigenvalue weighted by Crippen LogP contribution is 2.35. The predicted molar refractivity (Wildman–Crippen MR) is 119 cm³/mol. The fraction of sp³-hybridized carbons (Fsp3) is 0.550. The number of anilines is 2. The monoisotopic (exact) mass is 502 g/mol. The Morgan fingerprint density at radius 3 is 2.53 bits per heavy atom. The average Bonchev–Trinajstić information content (AvgIpc) is 2.97. The van der Waals surface area contributed by atoms with Crippen molar-refractivity contribution in [1.82, 2.24) is 14.9 Å². The van der Waals surface area contributed by atoms with Crippen LogP contribution in [0.4, 0.5) is 29.7 Å². The molecule has 2 fully saturated rings. The minimum atomic E-state index is -4.54. The molecule has 2 aliphatic rings. The SMILES string of the molecule is CCOC(=O)N1CCCN(c2nc(N3CC(S(N)(=O)=O)C3)c3ccc(C(F)(F)F)cc3n2)CC1. The van der Waals surface area contributed by atoms with Gasteiger partial charge >= 0.3 is 12.3 Å². The Hall–Kier alpha value is -2.87. The van der Waals surface area contributed by atoms with Gasteiger partial charge in [0.25, 0.3) is 0 Å². The molecule has 14 heteroatoms. The molecule has 2 saturated heterocycles. The van der Waals surface area contributed by atoms with Crippen molar-refractivity contribution in [3.8, 4) is 0 Å². The third kappa shape index (κ3) is 4.97. The van der Waals surface area contributed by atoms with E-state index in [1.165, 1.54) is 6.07 Å². The van der Waals surface area contributed by atoms with E-state index < -0.39 is 33.1 Å². The molecule has 0 radical (unpaired) electrons. The smallest absolute Gasteiger partial charge is 0.416 e. The number of halogens is 3. The Morgan fingerprint density at radius 1 is 1.15 bits per heavy atom. The van der Waals surface area contributed by atoms with Gasteiger partial charge < -0.3 is 19.4 Å². The minimum Gasteiger partial charge on any atom is -0.450 e. The standard InChI is InChI=1S/C20H25F3N6O4S/c1-2-33-19(30)28-7-3-6-27(8-9-28)18-25-16-10-13(20(21,22)23)4-5-15(16)17(26-18)29-11-14(12-29)34(24,31)32/h4-5,10,14H,2-3,6-9,11-12H2,1H3,(H2,24,31,32). The molecule has 2 aromatic rings. The van der Waals surface area contributed by atoms with E-state index in [1.807, 2.05) is 0 Å². The van der Waals surface area contributed by atoms with Crippen LogP contribution < -0.4 is 14.9 Å². The number of fused-ring (bicyclic) bond motifs is 1. The van der Waals surface area contributed by atoms with Gasteiger partial charge in [-0.3, -0.25) is 0 Å². The van der Waals surface area contributed by atoms with Crippen LogP contribution in [0.5, 0.6) is 0 Å². The first-order valence-electron chi connectivity index (χ1n) is 10.8. The maximum absolute atomic E-state index is 13.3. The number of hydrogen-bond donors (Lipinski definition) is 1. The van der Waals surface area contributed by atoms with Gasteiger partial charge in [-0.05, 0) is 31.5 Å². The van der Waals surface area contributed by atoms with Crippen LogP contribution in [0.3, 0.4) is 0 Å². The topological polar surface area (TPSA) is 122 Å². The van der Waals surface area contributed by atoms with Crippen LogP contribution in [-0.2, 0) is 20.9 Å². The summed E-state index contributed by atoms with van der Waals surface area (Å²) in [5, 5.41) is 4.83. The van der Waals surface area contributed by atoms with E-state index in [0.29, 0.717) is 43.8 Å². The van der Waals surface area contributed by atoms with Crippen molar-refractivity contribution in [1.29, 1.82) is 0 Å². The molecular formula is C20H25F3N6O4S. The Bertz CT molecular complexity index is 1190. The lowest BCUT2D eigenvalue weighted by Crippen LogP contribution is -2.57. The van der Waals surface area contributed by atoms with Gasteiger partial charge in [-0.1, -0.05) is 0 Å². The molecule has 0 atom stereocenters. The molecule has 1 amide bonds. The first kappa shape index (κ1) is 24.3. The quantitative estimate of drug-likeness (QED) is 0.672. The van der Waals surface area contributed by atoms with Crippen molar-refractivity contribution in [2.75, 3.05) is 55.7 Å². The van der Waals surface area contributed by atoms with E-state index in [0.717, 1.165) is 12.1 Å². The van der Waals surface area contributed by atoms with Gasteiger partial charge in [-0.15, -0.1) is 0 Å². The van der Waals surface area contributed by atoms with Crippen LogP contribution in [-0.4, -0.2) is 80.5 Å². The number of nitrogens with two attached hydrogens (primary N) is 1. The number of sulfonamides is 1. The molecule has 34 heavy (non-hydrogen) atoms. The number of benzene rings is 1. The number of primary sulfonamides is 1. The van der Waals surface area contributed by atoms with Crippen LogP contribution in [0.15, 0.2) is 18.2 Å². The van der Waals surface area contributed by atoms with Crippen LogP contribution in [0.1, 0.15) is 18.9 Å². The number of alkyl halides is 3. The molecule has 0 aliphatic carbocycles. The number of amides is 1. The number of hydrogen-bond acceptors (Lipinski definition) is 8. The molecule has 2 aliphatic heterocycles. The molecule has 3 heterocycles. The molecule has 10 nitrogen and oxygen atoms in total. The van der Waals surface area contributed by atoms with Gasteiger partial charge in [0.15, 0.2) is 0 Å². The number of aromatic nitrogens is 2. The fourth-order valence-electron chi connectivity index (χ4n) is 3.99. The van der Waals surface area contributed by atoms with Gasteiger partial charge in [-0.25, -0.2) is 23.3 Å². The number of carbonyl (C=O) groups excluding carboxylic acids is 1. The largest absolute Gasteiger partial charge is 0.450 e. The highest BCUT2D eigenvalue weighted by Gasteiger charge is 2.38. The van der Waals surface area contributed by atoms with Crippen LogP contribution >= 0.6 is 0 Å². The summed E-state index contributed by atoms with van der Waals surface area (Å²) >= 11 is 0. The molecule has 1 aromatic heterocycles. The van der Waals surface area contributed by atoms with Crippen LogP contribution in [0.2, 0.25) is 0 Å². The molecule has 0 spiro atoms. The number of rotatable bonds is 4. The second-order valence-electron chi connectivity index (χ2n) is 8.22. The van der Waals surface area contributed by atoms with Gasteiger partial charge in [-0.2, -0.15) is 18.2 Å². The Kier molecular flexibility index (Phi) is 6.46. The fourth-order valence-corrected chi connectivity index (χ4v) is 4.77. The second kappa shape index (κ2) is 9.06. The van der Waals surface area contributed by atoms with Gasteiger partial charge in [0.1, 0.15) is 11.1 Å². The lowest BCUT2D eigenvalue weighted by molar-refractivity contribution is -0.137. The molecule has 4 rings (SSSR count). The van der Waals surface area contributed by atoms with E-state index in [9.17, 15) is 26.4 Å². The Morgan fingerprint density at radius 2 is 1.88 bits per heavy atom. The molecule has 186 valence electrons. The lowest BCUT2D eigenvalue weighted by atomic mass is 10.1. The predicted octanol–water partition coefficient (Wildman–Crippen LogP) is 1.79. The van der Waals surface area contributed by atoms with Gasteiger partial charge in [0, 0.05) is 44.7 Å². The number of carbonyl (C=O) groups is 1. The van der Waals surface area contributed by atoms with Crippen molar-refractivity contribution >= 4 is 38.8 Å². The summed E-state index contributed by atoms with van der Waals surface area (Å²) in [6.45, 7) is 3.81. The van der Waals surface area contributed by atoms with Gasteiger partial charge in [0.05, 0.1) is 17.7 Å². The average molecular weight is 503 g/mol. The van der Waals surface area contributed by atoms with E-state index >= 15 is 0 Å². The van der Waals surface area contributed by atoms with E-state index in [4.69, 9.17) is 9.88 Å². The summed E-state index contributed by atoms with van der Waals surface area (Å²) in [5.74, 6) is 0.562. The summed E-state index contributed by atoms with van der Waals surface area (Å²) in [7, 11) is -3.73.